The highest BCUT2D eigenvalue weighted by atomic mass is 16.5. The van der Waals surface area contributed by atoms with Crippen LogP contribution in [0.5, 0.6) is 0 Å². The first-order valence-corrected chi connectivity index (χ1v) is 11.6. The quantitative estimate of drug-likeness (QED) is 0.467. The molecule has 3 rings (SSSR count). The van der Waals surface area contributed by atoms with Gasteiger partial charge in [0.05, 0.1) is 6.42 Å². The minimum atomic E-state index is -0.964. The molecule has 2 aromatic carbocycles. The monoisotopic (exact) mass is 452 g/mol. The van der Waals surface area contributed by atoms with Crippen molar-refractivity contribution < 1.29 is 24.2 Å². The lowest BCUT2D eigenvalue weighted by Crippen LogP contribution is -2.50. The third-order valence-corrected chi connectivity index (χ3v) is 6.03. The SMILES string of the molecule is CCCC[C@@H](CC(=O)O)NC(=O)C(CC)NC(=O)OCC1c2ccccc2-c2ccccc21. The van der Waals surface area contributed by atoms with E-state index >= 15 is 0 Å². The van der Waals surface area contributed by atoms with Gasteiger partial charge in [-0.1, -0.05) is 75.2 Å². The summed E-state index contributed by atoms with van der Waals surface area (Å²) in [5.41, 5.74) is 4.52. The molecule has 0 saturated heterocycles. The number of ether oxygens (including phenoxy) is 1. The van der Waals surface area contributed by atoms with E-state index in [1.165, 1.54) is 0 Å². The van der Waals surface area contributed by atoms with E-state index < -0.39 is 30.1 Å². The molecular formula is C26H32N2O5. The molecule has 0 bridgehead atoms. The first-order valence-electron chi connectivity index (χ1n) is 11.6. The lowest BCUT2D eigenvalue weighted by atomic mass is 9.98. The Hall–Kier alpha value is -3.35. The molecule has 7 nitrogen and oxygen atoms in total. The molecule has 0 aromatic heterocycles. The maximum absolute atomic E-state index is 12.7. The molecule has 2 atom stereocenters. The average molecular weight is 453 g/mol. The van der Waals surface area contributed by atoms with Crippen LogP contribution < -0.4 is 10.6 Å². The van der Waals surface area contributed by atoms with E-state index in [4.69, 9.17) is 9.84 Å². The summed E-state index contributed by atoms with van der Waals surface area (Å²) in [6.45, 7) is 3.95. The summed E-state index contributed by atoms with van der Waals surface area (Å²) in [6.07, 6.45) is 1.85. The predicted octanol–water partition coefficient (Wildman–Crippen LogP) is 4.45. The number of rotatable bonds is 11. The zero-order valence-corrected chi connectivity index (χ0v) is 19.2. The third kappa shape index (κ3) is 6.12. The summed E-state index contributed by atoms with van der Waals surface area (Å²) < 4.78 is 5.53. The molecule has 33 heavy (non-hydrogen) atoms. The van der Waals surface area contributed by atoms with Gasteiger partial charge in [-0.2, -0.15) is 0 Å². The van der Waals surface area contributed by atoms with Crippen LogP contribution in [0.25, 0.3) is 11.1 Å². The zero-order chi connectivity index (χ0) is 23.8. The van der Waals surface area contributed by atoms with Gasteiger partial charge in [-0.3, -0.25) is 9.59 Å². The van der Waals surface area contributed by atoms with Crippen LogP contribution in [0.3, 0.4) is 0 Å². The van der Waals surface area contributed by atoms with Gasteiger partial charge in [0.1, 0.15) is 12.6 Å². The highest BCUT2D eigenvalue weighted by molar-refractivity contribution is 5.86. The van der Waals surface area contributed by atoms with Crippen molar-refractivity contribution in [1.82, 2.24) is 10.6 Å². The standard InChI is InChI=1S/C26H32N2O5/c1-3-5-10-17(15-24(29)30)27-25(31)23(4-2)28-26(32)33-16-22-20-13-8-6-11-18(20)19-12-7-9-14-21(19)22/h6-9,11-14,17,22-23H,3-5,10,15-16H2,1-2H3,(H,27,31)(H,28,32)(H,29,30)/t17-,23?/m0/s1. The molecule has 1 unspecified atom stereocenters. The Kier molecular flexibility index (Phi) is 8.46. The summed E-state index contributed by atoms with van der Waals surface area (Å²) in [5.74, 6) is -1.42. The van der Waals surface area contributed by atoms with Crippen molar-refractivity contribution in [2.24, 2.45) is 0 Å². The number of fused-ring (bicyclic) bond motifs is 3. The number of unbranched alkanes of at least 4 members (excludes halogenated alkanes) is 1. The van der Waals surface area contributed by atoms with E-state index in [1.54, 1.807) is 6.92 Å². The van der Waals surface area contributed by atoms with E-state index in [1.807, 2.05) is 43.3 Å². The van der Waals surface area contributed by atoms with Crippen molar-refractivity contribution in [3.05, 3.63) is 59.7 Å². The molecule has 3 N–H and O–H groups in total. The van der Waals surface area contributed by atoms with Crippen LogP contribution in [-0.4, -0.2) is 41.8 Å². The summed E-state index contributed by atoms with van der Waals surface area (Å²) in [6, 6.07) is 14.9. The summed E-state index contributed by atoms with van der Waals surface area (Å²) in [7, 11) is 0. The minimum absolute atomic E-state index is 0.0638. The fourth-order valence-electron chi connectivity index (χ4n) is 4.32. The zero-order valence-electron chi connectivity index (χ0n) is 19.2. The van der Waals surface area contributed by atoms with Gasteiger partial charge in [0.2, 0.25) is 5.91 Å². The molecule has 176 valence electrons. The van der Waals surface area contributed by atoms with E-state index in [9.17, 15) is 14.4 Å². The molecule has 7 heteroatoms. The van der Waals surface area contributed by atoms with Gasteiger partial charge in [-0.05, 0) is 35.1 Å². The molecule has 1 aliphatic carbocycles. The number of nitrogens with one attached hydrogen (secondary N) is 2. The van der Waals surface area contributed by atoms with Gasteiger partial charge in [-0.25, -0.2) is 4.79 Å². The maximum Gasteiger partial charge on any atom is 0.407 e. The van der Waals surface area contributed by atoms with Gasteiger partial charge in [0.15, 0.2) is 0 Å². The van der Waals surface area contributed by atoms with Crippen molar-refractivity contribution >= 4 is 18.0 Å². The smallest absolute Gasteiger partial charge is 0.407 e. The van der Waals surface area contributed by atoms with Crippen molar-refractivity contribution in [2.45, 2.75) is 64.0 Å². The van der Waals surface area contributed by atoms with E-state index in [-0.39, 0.29) is 18.9 Å². The van der Waals surface area contributed by atoms with Crippen molar-refractivity contribution in [3.63, 3.8) is 0 Å². The maximum atomic E-state index is 12.7. The second kappa shape index (κ2) is 11.5. The van der Waals surface area contributed by atoms with Crippen LogP contribution >= 0.6 is 0 Å². The van der Waals surface area contributed by atoms with Crippen molar-refractivity contribution in [3.8, 4) is 11.1 Å². The topological polar surface area (TPSA) is 105 Å². The predicted molar refractivity (Wildman–Crippen MR) is 126 cm³/mol. The van der Waals surface area contributed by atoms with Gasteiger partial charge < -0.3 is 20.5 Å². The van der Waals surface area contributed by atoms with Crippen LogP contribution in [-0.2, 0) is 14.3 Å². The fraction of sp³-hybridized carbons (Fsp3) is 0.423. The second-order valence-electron chi connectivity index (χ2n) is 8.38. The van der Waals surface area contributed by atoms with Gasteiger partial charge >= 0.3 is 12.1 Å². The first kappa shape index (κ1) is 24.3. The first-order chi connectivity index (χ1) is 15.9. The number of carboxylic acids is 1. The molecule has 0 heterocycles. The number of hydrogen-bond acceptors (Lipinski definition) is 4. The number of carboxylic acid groups (broad SMARTS) is 1. The van der Waals surface area contributed by atoms with Gasteiger partial charge in [-0.15, -0.1) is 0 Å². The highest BCUT2D eigenvalue weighted by Crippen LogP contribution is 2.44. The van der Waals surface area contributed by atoms with Crippen LogP contribution in [0.1, 0.15) is 63.0 Å². The Morgan fingerprint density at radius 2 is 1.58 bits per heavy atom. The van der Waals surface area contributed by atoms with Gasteiger partial charge in [0, 0.05) is 12.0 Å². The lowest BCUT2D eigenvalue weighted by molar-refractivity contribution is -0.137. The van der Waals surface area contributed by atoms with E-state index in [2.05, 4.69) is 22.8 Å². The van der Waals surface area contributed by atoms with Crippen LogP contribution in [0.4, 0.5) is 4.79 Å². The molecule has 0 fully saturated rings. The molecule has 1 aliphatic rings. The summed E-state index contributed by atoms with van der Waals surface area (Å²) >= 11 is 0. The third-order valence-electron chi connectivity index (χ3n) is 6.03. The molecule has 0 radical (unpaired) electrons. The number of carbonyl (C=O) groups excluding carboxylic acids is 2. The molecule has 2 aromatic rings. The second-order valence-corrected chi connectivity index (χ2v) is 8.38. The lowest BCUT2D eigenvalue weighted by Gasteiger charge is -2.22. The largest absolute Gasteiger partial charge is 0.481 e. The molecule has 0 spiro atoms. The number of carbonyl (C=O) groups is 3. The molecule has 0 saturated carbocycles. The fourth-order valence-corrected chi connectivity index (χ4v) is 4.32. The summed E-state index contributed by atoms with van der Waals surface area (Å²) in [4.78, 5) is 36.3. The number of alkyl carbamates (subject to hydrolysis) is 1. The summed E-state index contributed by atoms with van der Waals surface area (Å²) in [5, 5.41) is 14.5. The van der Waals surface area contributed by atoms with Crippen LogP contribution in [0.15, 0.2) is 48.5 Å². The average Bonchev–Trinajstić information content (AvgIpc) is 3.13. The molecule has 2 amide bonds. The highest BCUT2D eigenvalue weighted by Gasteiger charge is 2.30. The van der Waals surface area contributed by atoms with Gasteiger partial charge in [0.25, 0.3) is 0 Å². The number of benzene rings is 2. The van der Waals surface area contributed by atoms with Crippen LogP contribution in [0.2, 0.25) is 0 Å². The number of hydrogen-bond donors (Lipinski definition) is 3. The minimum Gasteiger partial charge on any atom is -0.481 e. The van der Waals surface area contributed by atoms with Crippen LogP contribution in [0, 0.1) is 0 Å². The number of amides is 2. The van der Waals surface area contributed by atoms with Crippen molar-refractivity contribution in [1.29, 1.82) is 0 Å². The molecule has 0 aliphatic heterocycles. The Labute approximate surface area is 194 Å². The number of aliphatic carboxylic acids is 1. The molecular weight excluding hydrogens is 420 g/mol. The normalized spacial score (nSPS) is 14.0. The Morgan fingerprint density at radius 3 is 2.12 bits per heavy atom. The van der Waals surface area contributed by atoms with E-state index in [0.717, 1.165) is 35.1 Å². The van der Waals surface area contributed by atoms with E-state index in [0.29, 0.717) is 12.8 Å². The Bertz CT molecular complexity index is 945. The Balaban J connectivity index is 1.59. The van der Waals surface area contributed by atoms with Crippen molar-refractivity contribution in [2.75, 3.05) is 6.61 Å². The Morgan fingerprint density at radius 1 is 0.970 bits per heavy atom.